The van der Waals surface area contributed by atoms with Gasteiger partial charge in [0.2, 0.25) is 5.82 Å². The first-order valence-electron chi connectivity index (χ1n) is 6.42. The van der Waals surface area contributed by atoms with Crippen LogP contribution in [-0.2, 0) is 12.7 Å². The van der Waals surface area contributed by atoms with Gasteiger partial charge in [-0.3, -0.25) is 0 Å². The Bertz CT molecular complexity index is 637. The lowest BCUT2D eigenvalue weighted by Crippen LogP contribution is -2.34. The summed E-state index contributed by atoms with van der Waals surface area (Å²) in [5.41, 5.74) is 1.18. The maximum absolute atomic E-state index is 12.4. The van der Waals surface area contributed by atoms with Crippen molar-refractivity contribution in [3.8, 4) is 11.4 Å². The van der Waals surface area contributed by atoms with Gasteiger partial charge < -0.3 is 15.2 Å². The second-order valence-electron chi connectivity index (χ2n) is 4.33. The largest absolute Gasteiger partial charge is 0.471 e. The van der Waals surface area contributed by atoms with Crippen LogP contribution in [0.2, 0.25) is 0 Å². The van der Waals surface area contributed by atoms with E-state index in [1.165, 1.54) is 0 Å². The van der Waals surface area contributed by atoms with Crippen molar-refractivity contribution in [3.63, 3.8) is 0 Å². The third-order valence-corrected chi connectivity index (χ3v) is 2.67. The second kappa shape index (κ2) is 6.46. The maximum atomic E-state index is 12.4. The van der Waals surface area contributed by atoms with Gasteiger partial charge in [0.15, 0.2) is 0 Å². The molecule has 2 aromatic rings. The van der Waals surface area contributed by atoms with E-state index in [-0.39, 0.29) is 11.9 Å². The lowest BCUT2D eigenvalue weighted by molar-refractivity contribution is -0.159. The second-order valence-corrected chi connectivity index (χ2v) is 4.33. The van der Waals surface area contributed by atoms with Crippen molar-refractivity contribution in [1.29, 1.82) is 0 Å². The number of nitrogens with zero attached hydrogens (tertiary/aromatic N) is 2. The van der Waals surface area contributed by atoms with E-state index in [1.807, 2.05) is 0 Å². The van der Waals surface area contributed by atoms with Crippen LogP contribution in [0.3, 0.4) is 0 Å². The third kappa shape index (κ3) is 3.96. The van der Waals surface area contributed by atoms with Gasteiger partial charge in [0.25, 0.3) is 0 Å². The average molecular weight is 314 g/mol. The highest BCUT2D eigenvalue weighted by atomic mass is 19.4. The number of carbonyl (C=O) groups is 1. The summed E-state index contributed by atoms with van der Waals surface area (Å²) in [6, 6.07) is 6.13. The van der Waals surface area contributed by atoms with E-state index in [4.69, 9.17) is 0 Å². The van der Waals surface area contributed by atoms with E-state index < -0.39 is 12.1 Å². The molecule has 0 unspecified atom stereocenters. The number of aromatic nitrogens is 2. The zero-order chi connectivity index (χ0) is 16.2. The Morgan fingerprint density at radius 2 is 1.91 bits per heavy atom. The van der Waals surface area contributed by atoms with Crippen LogP contribution in [-0.4, -0.2) is 22.7 Å². The zero-order valence-electron chi connectivity index (χ0n) is 11.6. The van der Waals surface area contributed by atoms with Gasteiger partial charge in [0.1, 0.15) is 0 Å². The molecule has 0 atom stereocenters. The molecule has 6 nitrogen and oxygen atoms in total. The quantitative estimate of drug-likeness (QED) is 0.909. The number of halogens is 3. The number of rotatable bonds is 4. The highest BCUT2D eigenvalue weighted by Crippen LogP contribution is 2.29. The van der Waals surface area contributed by atoms with E-state index in [1.54, 1.807) is 31.2 Å². The molecular formula is C13H13F3N4O2. The number of alkyl halides is 3. The Morgan fingerprint density at radius 3 is 2.45 bits per heavy atom. The van der Waals surface area contributed by atoms with Crippen LogP contribution in [0.25, 0.3) is 11.4 Å². The fourth-order valence-corrected chi connectivity index (χ4v) is 1.63. The highest BCUT2D eigenvalue weighted by Gasteiger charge is 2.38. The molecule has 1 heterocycles. The highest BCUT2D eigenvalue weighted by molar-refractivity contribution is 5.73. The number of hydrogen-bond acceptors (Lipinski definition) is 4. The molecule has 2 N–H and O–H groups in total. The Morgan fingerprint density at radius 1 is 1.23 bits per heavy atom. The Balaban J connectivity index is 2.03. The Kier molecular flexibility index (Phi) is 4.64. The summed E-state index contributed by atoms with van der Waals surface area (Å²) in [6.07, 6.45) is -4.66. The smallest absolute Gasteiger partial charge is 0.338 e. The molecule has 0 bridgehead atoms. The van der Waals surface area contributed by atoms with Crippen molar-refractivity contribution in [2.75, 3.05) is 6.54 Å². The summed E-state index contributed by atoms with van der Waals surface area (Å²) in [6.45, 7) is 2.62. The van der Waals surface area contributed by atoms with Gasteiger partial charge in [0, 0.05) is 18.7 Å². The number of amides is 2. The first kappa shape index (κ1) is 15.8. The van der Waals surface area contributed by atoms with E-state index in [0.717, 1.165) is 5.56 Å². The molecule has 0 aliphatic rings. The molecule has 2 amide bonds. The third-order valence-electron chi connectivity index (χ3n) is 2.67. The normalized spacial score (nSPS) is 11.3. The van der Waals surface area contributed by atoms with Crippen molar-refractivity contribution in [2.45, 2.75) is 19.6 Å². The van der Waals surface area contributed by atoms with Crippen LogP contribution in [0, 0.1) is 0 Å². The van der Waals surface area contributed by atoms with Gasteiger partial charge in [-0.1, -0.05) is 29.4 Å². The van der Waals surface area contributed by atoms with E-state index in [9.17, 15) is 18.0 Å². The SMILES string of the molecule is CCNC(=O)NCc1ccc(-c2noc(C(F)(F)F)n2)cc1. The van der Waals surface area contributed by atoms with E-state index in [0.29, 0.717) is 18.7 Å². The first-order valence-corrected chi connectivity index (χ1v) is 6.42. The molecule has 118 valence electrons. The monoisotopic (exact) mass is 314 g/mol. The molecule has 0 spiro atoms. The van der Waals surface area contributed by atoms with Gasteiger partial charge in [0.05, 0.1) is 0 Å². The summed E-state index contributed by atoms with van der Waals surface area (Å²) in [4.78, 5) is 14.5. The minimum atomic E-state index is -4.66. The Hall–Kier alpha value is -2.58. The lowest BCUT2D eigenvalue weighted by atomic mass is 10.1. The van der Waals surface area contributed by atoms with Crippen LogP contribution in [0.1, 0.15) is 18.4 Å². The number of hydrogen-bond donors (Lipinski definition) is 2. The predicted octanol–water partition coefficient (Wildman–Crippen LogP) is 2.57. The lowest BCUT2D eigenvalue weighted by Gasteiger charge is -2.06. The van der Waals surface area contributed by atoms with Gasteiger partial charge in [-0.25, -0.2) is 4.79 Å². The number of carbonyl (C=O) groups excluding carboxylic acids is 1. The van der Waals surface area contributed by atoms with Crippen molar-refractivity contribution < 1.29 is 22.5 Å². The van der Waals surface area contributed by atoms with Crippen molar-refractivity contribution in [2.24, 2.45) is 0 Å². The minimum Gasteiger partial charge on any atom is -0.338 e. The van der Waals surface area contributed by atoms with Crippen LogP contribution in [0.4, 0.5) is 18.0 Å². The van der Waals surface area contributed by atoms with Gasteiger partial charge >= 0.3 is 18.1 Å². The number of urea groups is 1. The minimum absolute atomic E-state index is 0.143. The number of nitrogens with one attached hydrogen (secondary N) is 2. The Labute approximate surface area is 123 Å². The summed E-state index contributed by atoms with van der Waals surface area (Å²) < 4.78 is 41.3. The first-order chi connectivity index (χ1) is 10.4. The molecule has 0 saturated heterocycles. The van der Waals surface area contributed by atoms with Crippen LogP contribution < -0.4 is 10.6 Å². The van der Waals surface area contributed by atoms with Crippen LogP contribution >= 0.6 is 0 Å². The number of benzene rings is 1. The van der Waals surface area contributed by atoms with Crippen LogP contribution in [0.5, 0.6) is 0 Å². The standard InChI is InChI=1S/C13H13F3N4O2/c1-2-17-12(21)18-7-8-3-5-9(6-4-8)10-19-11(22-20-10)13(14,15)16/h3-6H,2,7H2,1H3,(H2,17,18,21). The average Bonchev–Trinajstić information content (AvgIpc) is 2.96. The fourth-order valence-electron chi connectivity index (χ4n) is 1.63. The predicted molar refractivity (Wildman–Crippen MR) is 70.6 cm³/mol. The molecular weight excluding hydrogens is 301 g/mol. The molecule has 0 saturated carbocycles. The molecule has 1 aromatic carbocycles. The zero-order valence-corrected chi connectivity index (χ0v) is 11.6. The molecule has 2 rings (SSSR count). The van der Waals surface area contributed by atoms with Crippen molar-refractivity contribution in [3.05, 3.63) is 35.7 Å². The summed E-state index contributed by atoms with van der Waals surface area (Å²) in [5, 5.41) is 8.51. The van der Waals surface area contributed by atoms with Gasteiger partial charge in [-0.2, -0.15) is 18.2 Å². The summed E-state index contributed by atoms with van der Waals surface area (Å²) in [7, 11) is 0. The molecule has 0 aliphatic carbocycles. The molecule has 9 heteroatoms. The summed E-state index contributed by atoms with van der Waals surface area (Å²) in [5.74, 6) is -1.53. The summed E-state index contributed by atoms with van der Waals surface area (Å²) >= 11 is 0. The molecule has 0 radical (unpaired) electrons. The van der Waals surface area contributed by atoms with Crippen molar-refractivity contribution in [1.82, 2.24) is 20.8 Å². The van der Waals surface area contributed by atoms with Gasteiger partial charge in [-0.15, -0.1) is 0 Å². The molecule has 0 aliphatic heterocycles. The molecule has 1 aromatic heterocycles. The maximum Gasteiger partial charge on any atom is 0.471 e. The van der Waals surface area contributed by atoms with Gasteiger partial charge in [-0.05, 0) is 12.5 Å². The van der Waals surface area contributed by atoms with Crippen molar-refractivity contribution >= 4 is 6.03 Å². The fraction of sp³-hybridized carbons (Fsp3) is 0.308. The topological polar surface area (TPSA) is 80.0 Å². The van der Waals surface area contributed by atoms with E-state index in [2.05, 4.69) is 25.3 Å². The van der Waals surface area contributed by atoms with E-state index >= 15 is 0 Å². The molecule has 22 heavy (non-hydrogen) atoms. The van der Waals surface area contributed by atoms with Crippen LogP contribution in [0.15, 0.2) is 28.8 Å². The molecule has 0 fully saturated rings.